The summed E-state index contributed by atoms with van der Waals surface area (Å²) in [5.41, 5.74) is 4.99. The third-order valence-corrected chi connectivity index (χ3v) is 4.68. The zero-order chi connectivity index (χ0) is 17.6. The second-order valence-corrected chi connectivity index (χ2v) is 6.53. The van der Waals surface area contributed by atoms with Gasteiger partial charge < -0.3 is 10.1 Å². The molecule has 0 aliphatic rings. The van der Waals surface area contributed by atoms with Crippen LogP contribution in [0.25, 0.3) is 11.1 Å². The molecule has 1 atom stereocenters. The molecule has 5 heteroatoms. The van der Waals surface area contributed by atoms with Crippen molar-refractivity contribution < 1.29 is 9.53 Å². The molecule has 1 unspecified atom stereocenters. The zero-order valence-electron chi connectivity index (χ0n) is 14.2. The molecule has 0 saturated carbocycles. The molecule has 2 aromatic carbocycles. The fourth-order valence-electron chi connectivity index (χ4n) is 2.55. The Hall–Kier alpha value is -2.66. The quantitative estimate of drug-likeness (QED) is 0.699. The van der Waals surface area contributed by atoms with Crippen LogP contribution in [-0.2, 0) is 0 Å². The van der Waals surface area contributed by atoms with Crippen molar-refractivity contribution in [2.24, 2.45) is 0 Å². The Labute approximate surface area is 151 Å². The normalized spacial score (nSPS) is 11.8. The lowest BCUT2D eigenvalue weighted by atomic mass is 10.0. The number of hydrogen-bond acceptors (Lipinski definition) is 4. The molecule has 0 bridgehead atoms. The summed E-state index contributed by atoms with van der Waals surface area (Å²) in [5.74, 6) is 0.785. The van der Waals surface area contributed by atoms with Crippen molar-refractivity contribution in [3.8, 4) is 16.9 Å². The van der Waals surface area contributed by atoms with Crippen molar-refractivity contribution in [3.05, 3.63) is 70.7 Å². The summed E-state index contributed by atoms with van der Waals surface area (Å²) in [6, 6.07) is 16.2. The van der Waals surface area contributed by atoms with Crippen LogP contribution in [-0.4, -0.2) is 17.5 Å². The van der Waals surface area contributed by atoms with Gasteiger partial charge in [0, 0.05) is 0 Å². The molecular weight excluding hydrogens is 332 g/mol. The Morgan fingerprint density at radius 1 is 1.12 bits per heavy atom. The number of thiazole rings is 1. The van der Waals surface area contributed by atoms with E-state index in [4.69, 9.17) is 4.74 Å². The van der Waals surface area contributed by atoms with Gasteiger partial charge in [0.05, 0.1) is 24.4 Å². The summed E-state index contributed by atoms with van der Waals surface area (Å²) in [6.07, 6.45) is 1.59. The number of ether oxygens (including phenoxy) is 1. The summed E-state index contributed by atoms with van der Waals surface area (Å²) >= 11 is 1.34. The molecule has 0 radical (unpaired) electrons. The molecule has 25 heavy (non-hydrogen) atoms. The van der Waals surface area contributed by atoms with Crippen molar-refractivity contribution >= 4 is 17.2 Å². The molecule has 0 spiro atoms. The lowest BCUT2D eigenvalue weighted by Crippen LogP contribution is -2.25. The first-order valence-electron chi connectivity index (χ1n) is 8.20. The smallest absolute Gasteiger partial charge is 0.263 e. The molecular formula is C20H20N2O2S. The Balaban J connectivity index is 1.68. The van der Waals surface area contributed by atoms with Crippen LogP contribution in [0.3, 0.4) is 0 Å². The standard InChI is InChI=1S/C20H20N2O2S/c1-3-24-18-10-8-17(9-11-18)16-6-4-15(5-7-16)14(2)22-20(23)19-12-21-13-25-19/h4-14H,3H2,1-2H3,(H,22,23). The molecule has 0 fully saturated rings. The minimum Gasteiger partial charge on any atom is -0.494 e. The van der Waals surface area contributed by atoms with Gasteiger partial charge in [-0.1, -0.05) is 36.4 Å². The van der Waals surface area contributed by atoms with Crippen molar-refractivity contribution in [2.45, 2.75) is 19.9 Å². The van der Waals surface area contributed by atoms with E-state index in [-0.39, 0.29) is 11.9 Å². The number of hydrogen-bond donors (Lipinski definition) is 1. The predicted octanol–water partition coefficient (Wildman–Crippen LogP) is 4.70. The summed E-state index contributed by atoms with van der Waals surface area (Å²) in [4.78, 5) is 16.7. The van der Waals surface area contributed by atoms with Gasteiger partial charge in [0.15, 0.2) is 0 Å². The van der Waals surface area contributed by atoms with Crippen LogP contribution in [0.4, 0.5) is 0 Å². The van der Waals surface area contributed by atoms with Crippen molar-refractivity contribution in [3.63, 3.8) is 0 Å². The third kappa shape index (κ3) is 4.25. The van der Waals surface area contributed by atoms with Crippen LogP contribution in [0.5, 0.6) is 5.75 Å². The van der Waals surface area contributed by atoms with Crippen LogP contribution in [0.2, 0.25) is 0 Å². The molecule has 1 aromatic heterocycles. The number of rotatable bonds is 6. The Morgan fingerprint density at radius 3 is 2.32 bits per heavy atom. The fraction of sp³-hybridized carbons (Fsp3) is 0.200. The second-order valence-electron chi connectivity index (χ2n) is 5.64. The van der Waals surface area contributed by atoms with Crippen molar-refractivity contribution in [1.82, 2.24) is 10.3 Å². The molecule has 0 saturated heterocycles. The molecule has 3 aromatic rings. The van der Waals surface area contributed by atoms with E-state index < -0.39 is 0 Å². The molecule has 4 nitrogen and oxygen atoms in total. The van der Waals surface area contributed by atoms with Crippen LogP contribution in [0.1, 0.15) is 35.1 Å². The first-order chi connectivity index (χ1) is 12.2. The summed E-state index contributed by atoms with van der Waals surface area (Å²) in [5, 5.41) is 2.99. The summed E-state index contributed by atoms with van der Waals surface area (Å²) < 4.78 is 5.47. The first kappa shape index (κ1) is 17.2. The Morgan fingerprint density at radius 2 is 1.76 bits per heavy atom. The first-order valence-corrected chi connectivity index (χ1v) is 9.08. The van der Waals surface area contributed by atoms with E-state index in [0.29, 0.717) is 11.5 Å². The van der Waals surface area contributed by atoms with Gasteiger partial charge in [-0.25, -0.2) is 0 Å². The van der Waals surface area contributed by atoms with E-state index >= 15 is 0 Å². The number of amides is 1. The van der Waals surface area contributed by atoms with E-state index in [1.807, 2.05) is 38.1 Å². The molecule has 128 valence electrons. The molecule has 0 aliphatic heterocycles. The molecule has 0 aliphatic carbocycles. The zero-order valence-corrected chi connectivity index (χ0v) is 15.0. The highest BCUT2D eigenvalue weighted by atomic mass is 32.1. The second kappa shape index (κ2) is 7.94. The Bertz CT molecular complexity index is 812. The summed E-state index contributed by atoms with van der Waals surface area (Å²) in [7, 11) is 0. The minimum atomic E-state index is -0.0920. The lowest BCUT2D eigenvalue weighted by molar-refractivity contribution is 0.0944. The van der Waals surface area contributed by atoms with E-state index in [2.05, 4.69) is 34.6 Å². The third-order valence-electron chi connectivity index (χ3n) is 3.91. The maximum atomic E-state index is 12.1. The van der Waals surface area contributed by atoms with E-state index in [1.54, 1.807) is 11.7 Å². The van der Waals surface area contributed by atoms with Gasteiger partial charge in [0.25, 0.3) is 5.91 Å². The topological polar surface area (TPSA) is 51.2 Å². The predicted molar refractivity (Wildman–Crippen MR) is 101 cm³/mol. The van der Waals surface area contributed by atoms with E-state index in [9.17, 15) is 4.79 Å². The van der Waals surface area contributed by atoms with Crippen LogP contribution in [0.15, 0.2) is 60.2 Å². The van der Waals surface area contributed by atoms with Gasteiger partial charge in [-0.15, -0.1) is 11.3 Å². The number of nitrogens with zero attached hydrogens (tertiary/aromatic N) is 1. The lowest BCUT2D eigenvalue weighted by Gasteiger charge is -2.14. The minimum absolute atomic E-state index is 0.0658. The number of benzene rings is 2. The van der Waals surface area contributed by atoms with Gasteiger partial charge in [-0.2, -0.15) is 0 Å². The number of nitrogens with one attached hydrogen (secondary N) is 1. The highest BCUT2D eigenvalue weighted by Gasteiger charge is 2.12. The van der Waals surface area contributed by atoms with Crippen molar-refractivity contribution in [1.29, 1.82) is 0 Å². The van der Waals surface area contributed by atoms with Gasteiger partial charge in [-0.3, -0.25) is 9.78 Å². The number of carbonyl (C=O) groups is 1. The van der Waals surface area contributed by atoms with Crippen molar-refractivity contribution in [2.75, 3.05) is 6.61 Å². The molecule has 3 rings (SSSR count). The fourth-order valence-corrected chi connectivity index (χ4v) is 3.08. The van der Waals surface area contributed by atoms with Gasteiger partial charge >= 0.3 is 0 Å². The number of aromatic nitrogens is 1. The molecule has 1 heterocycles. The van der Waals surface area contributed by atoms with Gasteiger partial charge in [0.2, 0.25) is 0 Å². The van der Waals surface area contributed by atoms with E-state index in [0.717, 1.165) is 22.4 Å². The van der Waals surface area contributed by atoms with Crippen LogP contribution < -0.4 is 10.1 Å². The highest BCUT2D eigenvalue weighted by Crippen LogP contribution is 2.24. The number of carbonyl (C=O) groups excluding carboxylic acids is 1. The Kier molecular flexibility index (Phi) is 5.46. The maximum absolute atomic E-state index is 12.1. The maximum Gasteiger partial charge on any atom is 0.263 e. The average molecular weight is 352 g/mol. The highest BCUT2D eigenvalue weighted by molar-refractivity contribution is 7.11. The van der Waals surface area contributed by atoms with E-state index in [1.165, 1.54) is 11.3 Å². The largest absolute Gasteiger partial charge is 0.494 e. The van der Waals surface area contributed by atoms with Crippen LogP contribution in [0, 0.1) is 0 Å². The SMILES string of the molecule is CCOc1ccc(-c2ccc(C(C)NC(=O)c3cncs3)cc2)cc1. The van der Waals surface area contributed by atoms with Gasteiger partial charge in [0.1, 0.15) is 10.6 Å². The van der Waals surface area contributed by atoms with Crippen LogP contribution >= 0.6 is 11.3 Å². The molecule has 1 amide bonds. The monoisotopic (exact) mass is 352 g/mol. The summed E-state index contributed by atoms with van der Waals surface area (Å²) in [6.45, 7) is 4.62. The van der Waals surface area contributed by atoms with Gasteiger partial charge in [-0.05, 0) is 42.7 Å². The molecule has 1 N–H and O–H groups in total. The average Bonchev–Trinajstić information content (AvgIpc) is 3.18.